The monoisotopic (exact) mass is 421 g/mol. The molecule has 1 aromatic heterocycles. The summed E-state index contributed by atoms with van der Waals surface area (Å²) < 4.78 is 34.8. The van der Waals surface area contributed by atoms with E-state index in [-0.39, 0.29) is 28.9 Å². The van der Waals surface area contributed by atoms with Crippen molar-refractivity contribution in [3.05, 3.63) is 36.2 Å². The van der Waals surface area contributed by atoms with Gasteiger partial charge >= 0.3 is 0 Å². The molecular formula is C19H27N5O4S. The summed E-state index contributed by atoms with van der Waals surface area (Å²) in [6, 6.07) is 6.32. The second kappa shape index (κ2) is 8.91. The maximum atomic E-state index is 12.6. The number of methoxy groups -OCH3 is 1. The van der Waals surface area contributed by atoms with Crippen LogP contribution < -0.4 is 14.8 Å². The normalized spacial score (nSPS) is 19.9. The predicted octanol–water partition coefficient (Wildman–Crippen LogP) is 1.89. The van der Waals surface area contributed by atoms with Crippen molar-refractivity contribution in [1.29, 1.82) is 0 Å². The van der Waals surface area contributed by atoms with E-state index in [1.807, 2.05) is 13.8 Å². The lowest BCUT2D eigenvalue weighted by molar-refractivity contribution is 0.0938. The summed E-state index contributed by atoms with van der Waals surface area (Å²) in [5.74, 6) is 0.367. The third kappa shape index (κ3) is 5.33. The van der Waals surface area contributed by atoms with E-state index < -0.39 is 10.0 Å². The van der Waals surface area contributed by atoms with Gasteiger partial charge in [-0.1, -0.05) is 5.21 Å². The van der Waals surface area contributed by atoms with Crippen molar-refractivity contribution in [2.24, 2.45) is 0 Å². The number of ether oxygens (including phenoxy) is 1. The molecule has 29 heavy (non-hydrogen) atoms. The number of carbonyl (C=O) groups excluding carboxylic acids is 1. The number of nitrogens with zero attached hydrogens (tertiary/aromatic N) is 3. The van der Waals surface area contributed by atoms with Crippen LogP contribution in [0.1, 0.15) is 56.1 Å². The number of hydrogen-bond acceptors (Lipinski definition) is 6. The highest BCUT2D eigenvalue weighted by Crippen LogP contribution is 2.29. The molecule has 1 aliphatic carbocycles. The number of benzene rings is 1. The molecule has 1 heterocycles. The smallest absolute Gasteiger partial charge is 0.273 e. The van der Waals surface area contributed by atoms with E-state index in [2.05, 4.69) is 20.4 Å². The molecule has 3 rings (SSSR count). The molecule has 9 nitrogen and oxygen atoms in total. The third-order valence-electron chi connectivity index (χ3n) is 4.93. The molecule has 0 spiro atoms. The molecule has 10 heteroatoms. The van der Waals surface area contributed by atoms with Crippen molar-refractivity contribution in [2.75, 3.05) is 7.11 Å². The molecule has 1 aromatic carbocycles. The first-order valence-electron chi connectivity index (χ1n) is 9.67. The highest BCUT2D eigenvalue weighted by Gasteiger charge is 2.27. The van der Waals surface area contributed by atoms with Crippen LogP contribution in [0.25, 0.3) is 0 Å². The fourth-order valence-electron chi connectivity index (χ4n) is 3.40. The second-order valence-electron chi connectivity index (χ2n) is 7.51. The average molecular weight is 422 g/mol. The summed E-state index contributed by atoms with van der Waals surface area (Å²) in [5.41, 5.74) is 0.293. The maximum absolute atomic E-state index is 12.6. The number of rotatable bonds is 7. The fraction of sp³-hybridized carbons (Fsp3) is 0.526. The van der Waals surface area contributed by atoms with Crippen LogP contribution in [0.4, 0.5) is 0 Å². The van der Waals surface area contributed by atoms with Crippen LogP contribution in [0.5, 0.6) is 5.75 Å². The van der Waals surface area contributed by atoms with Crippen LogP contribution in [0.2, 0.25) is 0 Å². The Balaban J connectivity index is 1.56. The van der Waals surface area contributed by atoms with Gasteiger partial charge in [-0.15, -0.1) is 5.10 Å². The molecule has 0 radical (unpaired) electrons. The summed E-state index contributed by atoms with van der Waals surface area (Å²) in [4.78, 5) is 12.2. The lowest BCUT2D eigenvalue weighted by Gasteiger charge is -2.28. The Morgan fingerprint density at radius 3 is 2.41 bits per heavy atom. The van der Waals surface area contributed by atoms with Gasteiger partial charge < -0.3 is 10.1 Å². The Hall–Kier alpha value is -2.46. The van der Waals surface area contributed by atoms with E-state index in [9.17, 15) is 13.2 Å². The number of aromatic nitrogens is 3. The summed E-state index contributed by atoms with van der Waals surface area (Å²) in [6.07, 6.45) is 4.54. The van der Waals surface area contributed by atoms with Crippen LogP contribution in [-0.2, 0) is 10.0 Å². The summed E-state index contributed by atoms with van der Waals surface area (Å²) in [6.45, 7) is 3.77. The first kappa shape index (κ1) is 21.3. The summed E-state index contributed by atoms with van der Waals surface area (Å²) in [7, 11) is -2.04. The van der Waals surface area contributed by atoms with E-state index >= 15 is 0 Å². The SMILES string of the molecule is COc1ccc(S(=O)(=O)NC2CCC(n3cc(C(=O)NC(C)C)nn3)CC2)cc1. The molecule has 2 aromatic rings. The standard InChI is InChI=1S/C19H27N5O4S/c1-13(2)20-19(25)18-12-24(23-21-18)15-6-4-14(5-7-15)22-29(26,27)17-10-8-16(28-3)9-11-17/h8-15,22H,4-7H2,1-3H3,(H,20,25). The molecular weight excluding hydrogens is 394 g/mol. The minimum atomic E-state index is -3.58. The third-order valence-corrected chi connectivity index (χ3v) is 6.46. The van der Waals surface area contributed by atoms with Crippen molar-refractivity contribution < 1.29 is 17.9 Å². The average Bonchev–Trinajstić information content (AvgIpc) is 3.18. The highest BCUT2D eigenvalue weighted by atomic mass is 32.2. The minimum Gasteiger partial charge on any atom is -0.497 e. The van der Waals surface area contributed by atoms with Gasteiger partial charge in [0.1, 0.15) is 5.75 Å². The Morgan fingerprint density at radius 2 is 1.83 bits per heavy atom. The number of amides is 1. The van der Waals surface area contributed by atoms with Gasteiger partial charge in [0.2, 0.25) is 10.0 Å². The molecule has 0 atom stereocenters. The van der Waals surface area contributed by atoms with Crippen LogP contribution in [0.15, 0.2) is 35.4 Å². The lowest BCUT2D eigenvalue weighted by Crippen LogP contribution is -2.38. The number of sulfonamides is 1. The molecule has 1 aliphatic rings. The molecule has 0 unspecified atom stereocenters. The molecule has 0 saturated heterocycles. The molecule has 158 valence electrons. The van der Waals surface area contributed by atoms with Crippen molar-refractivity contribution >= 4 is 15.9 Å². The Morgan fingerprint density at radius 1 is 1.17 bits per heavy atom. The van der Waals surface area contributed by atoms with Crippen LogP contribution in [0, 0.1) is 0 Å². The topological polar surface area (TPSA) is 115 Å². The van der Waals surface area contributed by atoms with E-state index in [1.165, 1.54) is 19.2 Å². The lowest BCUT2D eigenvalue weighted by atomic mass is 9.92. The summed E-state index contributed by atoms with van der Waals surface area (Å²) >= 11 is 0. The molecule has 1 fully saturated rings. The Kier molecular flexibility index (Phi) is 6.53. The predicted molar refractivity (Wildman–Crippen MR) is 107 cm³/mol. The Bertz CT molecular complexity index is 932. The van der Waals surface area contributed by atoms with Crippen molar-refractivity contribution in [2.45, 2.75) is 62.6 Å². The number of carbonyl (C=O) groups is 1. The van der Waals surface area contributed by atoms with Gasteiger partial charge in [0.25, 0.3) is 5.91 Å². The van der Waals surface area contributed by atoms with Gasteiger partial charge in [0.15, 0.2) is 5.69 Å². The fourth-order valence-corrected chi connectivity index (χ4v) is 4.70. The number of nitrogens with one attached hydrogen (secondary N) is 2. The zero-order chi connectivity index (χ0) is 21.0. The Labute approximate surface area is 170 Å². The first-order valence-corrected chi connectivity index (χ1v) is 11.2. The molecule has 1 saturated carbocycles. The van der Waals surface area contributed by atoms with E-state index in [4.69, 9.17) is 4.74 Å². The van der Waals surface area contributed by atoms with Gasteiger partial charge in [-0.05, 0) is 63.8 Å². The van der Waals surface area contributed by atoms with Crippen molar-refractivity contribution in [1.82, 2.24) is 25.0 Å². The van der Waals surface area contributed by atoms with Gasteiger partial charge in [0.05, 0.1) is 24.2 Å². The molecule has 2 N–H and O–H groups in total. The second-order valence-corrected chi connectivity index (χ2v) is 9.23. The molecule has 1 amide bonds. The van der Waals surface area contributed by atoms with Crippen LogP contribution in [-0.4, -0.2) is 48.5 Å². The van der Waals surface area contributed by atoms with E-state index in [0.29, 0.717) is 24.3 Å². The quantitative estimate of drug-likeness (QED) is 0.705. The molecule has 0 aliphatic heterocycles. The van der Waals surface area contributed by atoms with Crippen LogP contribution >= 0.6 is 0 Å². The van der Waals surface area contributed by atoms with E-state index in [0.717, 1.165) is 12.8 Å². The van der Waals surface area contributed by atoms with Crippen LogP contribution in [0.3, 0.4) is 0 Å². The van der Waals surface area contributed by atoms with Crippen molar-refractivity contribution in [3.63, 3.8) is 0 Å². The summed E-state index contributed by atoms with van der Waals surface area (Å²) in [5, 5.41) is 10.8. The maximum Gasteiger partial charge on any atom is 0.273 e. The van der Waals surface area contributed by atoms with Gasteiger partial charge in [-0.3, -0.25) is 4.79 Å². The zero-order valence-corrected chi connectivity index (χ0v) is 17.6. The van der Waals surface area contributed by atoms with E-state index in [1.54, 1.807) is 23.0 Å². The van der Waals surface area contributed by atoms with Gasteiger partial charge in [-0.25, -0.2) is 17.8 Å². The minimum absolute atomic E-state index is 0.0295. The largest absolute Gasteiger partial charge is 0.497 e. The van der Waals surface area contributed by atoms with Gasteiger partial charge in [0, 0.05) is 12.1 Å². The molecule has 0 bridgehead atoms. The van der Waals surface area contributed by atoms with Crippen molar-refractivity contribution in [3.8, 4) is 5.75 Å². The van der Waals surface area contributed by atoms with Gasteiger partial charge in [-0.2, -0.15) is 0 Å². The first-order chi connectivity index (χ1) is 13.8. The zero-order valence-electron chi connectivity index (χ0n) is 16.8. The highest BCUT2D eigenvalue weighted by molar-refractivity contribution is 7.89. The number of hydrogen-bond donors (Lipinski definition) is 2.